The Morgan fingerprint density at radius 3 is 2.42 bits per heavy atom. The molecule has 1 heterocycles. The molecule has 1 aromatic rings. The molecule has 0 unspecified atom stereocenters. The summed E-state index contributed by atoms with van der Waals surface area (Å²) >= 11 is 0. The van der Waals surface area contributed by atoms with E-state index in [0.29, 0.717) is 0 Å². The molecule has 12 heavy (non-hydrogen) atoms. The molecule has 0 bridgehead atoms. The highest BCUT2D eigenvalue weighted by atomic mass is 16.4. The predicted molar refractivity (Wildman–Crippen MR) is 38.7 cm³/mol. The van der Waals surface area contributed by atoms with Gasteiger partial charge in [0, 0.05) is 6.20 Å². The molecule has 0 aliphatic rings. The zero-order valence-corrected chi connectivity index (χ0v) is 6.01. The van der Waals surface area contributed by atoms with E-state index in [0.717, 1.165) is 6.26 Å². The van der Waals surface area contributed by atoms with E-state index in [2.05, 4.69) is 4.98 Å². The van der Waals surface area contributed by atoms with Crippen LogP contribution in [0.15, 0.2) is 24.4 Å². The minimum absolute atomic E-state index is 0.0810. The van der Waals surface area contributed by atoms with Crippen LogP contribution in [-0.4, -0.2) is 21.2 Å². The third kappa shape index (κ3) is 3.85. The quantitative estimate of drug-likeness (QED) is 0.596. The molecule has 0 aliphatic carbocycles. The minimum Gasteiger partial charge on any atom is -0.477 e. The molecular weight excluding hydrogens is 160 g/mol. The maximum Gasteiger partial charge on any atom is 0.354 e. The van der Waals surface area contributed by atoms with Gasteiger partial charge in [0.2, 0.25) is 0 Å². The number of rotatable bonds is 1. The van der Waals surface area contributed by atoms with Gasteiger partial charge in [0.05, 0.1) is 0 Å². The monoisotopic (exact) mass is 166 g/mol. The Bertz CT molecular complexity index is 278. The van der Waals surface area contributed by atoms with Crippen LogP contribution < -0.4 is 0 Å². The molecule has 62 valence electrons. The molecule has 1 rings (SSSR count). The average Bonchev–Trinajstić information content (AvgIpc) is 2.07. The topological polar surface area (TPSA) is 94.2 Å². The first-order valence-electron chi connectivity index (χ1n) is 2.90. The lowest BCUT2D eigenvalue weighted by atomic mass is 10.4. The number of pyridine rings is 1. The molecule has 0 spiro atoms. The number of aliphatic hydroxyl groups excluding tert-OH is 1. The van der Waals surface area contributed by atoms with Crippen LogP contribution in [0.4, 0.5) is 0 Å². The van der Waals surface area contributed by atoms with Crippen molar-refractivity contribution in [2.75, 3.05) is 0 Å². The van der Waals surface area contributed by atoms with Crippen molar-refractivity contribution in [1.29, 1.82) is 5.26 Å². The van der Waals surface area contributed by atoms with Gasteiger partial charge in [-0.1, -0.05) is 6.07 Å². The van der Waals surface area contributed by atoms with Crippen LogP contribution in [0, 0.1) is 11.5 Å². The summed E-state index contributed by atoms with van der Waals surface area (Å²) in [7, 11) is 0. The molecule has 0 fully saturated rings. The number of aromatic carboxylic acids is 1. The SMILES string of the molecule is N#CO.O=C(O)c1ccccn1. The number of carboxylic acids is 1. The highest BCUT2D eigenvalue weighted by Gasteiger charge is 1.98. The van der Waals surface area contributed by atoms with Crippen molar-refractivity contribution in [3.05, 3.63) is 30.1 Å². The summed E-state index contributed by atoms with van der Waals surface area (Å²) in [5.74, 6) is -0.990. The molecule has 1 aromatic heterocycles. The van der Waals surface area contributed by atoms with Crippen molar-refractivity contribution in [2.24, 2.45) is 0 Å². The fraction of sp³-hybridized carbons (Fsp3) is 0. The first-order valence-corrected chi connectivity index (χ1v) is 2.90. The Hall–Kier alpha value is -2.09. The minimum atomic E-state index is -0.990. The first kappa shape index (κ1) is 9.91. The Morgan fingerprint density at radius 1 is 1.58 bits per heavy atom. The molecule has 5 nitrogen and oxygen atoms in total. The van der Waals surface area contributed by atoms with E-state index in [4.69, 9.17) is 15.5 Å². The fourth-order valence-corrected chi connectivity index (χ4v) is 0.489. The molecule has 0 aromatic carbocycles. The summed E-state index contributed by atoms with van der Waals surface area (Å²) in [5.41, 5.74) is 0.0810. The fourth-order valence-electron chi connectivity index (χ4n) is 0.489. The first-order chi connectivity index (χ1) is 5.72. The molecule has 0 saturated carbocycles. The third-order valence-corrected chi connectivity index (χ3v) is 0.884. The molecule has 5 heteroatoms. The van der Waals surface area contributed by atoms with Crippen LogP contribution in [0.5, 0.6) is 0 Å². The van der Waals surface area contributed by atoms with Crippen LogP contribution in [0.1, 0.15) is 10.5 Å². The normalized spacial score (nSPS) is 7.25. The van der Waals surface area contributed by atoms with Crippen LogP contribution in [0.2, 0.25) is 0 Å². The summed E-state index contributed by atoms with van der Waals surface area (Å²) in [5, 5.41) is 22.1. The summed E-state index contributed by atoms with van der Waals surface area (Å²) < 4.78 is 0. The second-order valence-electron chi connectivity index (χ2n) is 1.62. The Labute approximate surface area is 68.5 Å². The van der Waals surface area contributed by atoms with Crippen LogP contribution in [0.25, 0.3) is 0 Å². The summed E-state index contributed by atoms with van der Waals surface area (Å²) in [6, 6.07) is 4.76. The van der Waals surface area contributed by atoms with E-state index < -0.39 is 5.97 Å². The molecule has 0 saturated heterocycles. The maximum atomic E-state index is 10.1. The summed E-state index contributed by atoms with van der Waals surface area (Å²) in [6.45, 7) is 0. The van der Waals surface area contributed by atoms with Crippen molar-refractivity contribution >= 4 is 5.97 Å². The second kappa shape index (κ2) is 5.68. The van der Waals surface area contributed by atoms with E-state index in [1.807, 2.05) is 0 Å². The number of aliphatic hydroxyl groups is 1. The predicted octanol–water partition coefficient (Wildman–Crippen LogP) is 0.620. The van der Waals surface area contributed by atoms with Crippen molar-refractivity contribution in [1.82, 2.24) is 4.98 Å². The van der Waals surface area contributed by atoms with Crippen LogP contribution in [-0.2, 0) is 0 Å². The zero-order valence-electron chi connectivity index (χ0n) is 6.01. The van der Waals surface area contributed by atoms with E-state index >= 15 is 0 Å². The number of carboxylic acid groups (broad SMARTS) is 1. The highest BCUT2D eigenvalue weighted by Crippen LogP contribution is 1.90. The Balaban J connectivity index is 0.000000354. The number of carbonyl (C=O) groups is 1. The van der Waals surface area contributed by atoms with Gasteiger partial charge < -0.3 is 10.2 Å². The lowest BCUT2D eigenvalue weighted by molar-refractivity contribution is 0.0690. The van der Waals surface area contributed by atoms with Crippen molar-refractivity contribution in [3.8, 4) is 6.26 Å². The summed E-state index contributed by atoms with van der Waals surface area (Å²) in [6.07, 6.45) is 2.20. The molecule has 0 atom stereocenters. The molecule has 0 amide bonds. The smallest absolute Gasteiger partial charge is 0.354 e. The number of hydrogen-bond acceptors (Lipinski definition) is 4. The standard InChI is InChI=1S/C6H5NO2.CHNO/c8-6(9)5-3-1-2-4-7-5;2-1-3/h1-4H,(H,8,9);3H. The Kier molecular flexibility index (Phi) is 4.69. The largest absolute Gasteiger partial charge is 0.477 e. The van der Waals surface area contributed by atoms with Gasteiger partial charge in [0.1, 0.15) is 5.69 Å². The number of nitrogens with zero attached hydrogens (tertiary/aromatic N) is 2. The van der Waals surface area contributed by atoms with Gasteiger partial charge in [-0.3, -0.25) is 0 Å². The summed E-state index contributed by atoms with van der Waals surface area (Å²) in [4.78, 5) is 13.7. The molecule has 0 radical (unpaired) electrons. The number of nitriles is 1. The van der Waals surface area contributed by atoms with Crippen molar-refractivity contribution in [2.45, 2.75) is 0 Å². The van der Waals surface area contributed by atoms with Gasteiger partial charge in [0.25, 0.3) is 6.26 Å². The van der Waals surface area contributed by atoms with Gasteiger partial charge in [-0.2, -0.15) is 5.26 Å². The average molecular weight is 166 g/mol. The third-order valence-electron chi connectivity index (χ3n) is 0.884. The van der Waals surface area contributed by atoms with E-state index in [1.54, 1.807) is 12.1 Å². The number of hydrogen-bond donors (Lipinski definition) is 2. The highest BCUT2D eigenvalue weighted by molar-refractivity contribution is 5.85. The van der Waals surface area contributed by atoms with E-state index in [9.17, 15) is 4.79 Å². The lowest BCUT2D eigenvalue weighted by Crippen LogP contribution is -1.97. The lowest BCUT2D eigenvalue weighted by Gasteiger charge is -1.87. The molecular formula is C7H6N2O3. The molecule has 2 N–H and O–H groups in total. The van der Waals surface area contributed by atoms with E-state index in [1.165, 1.54) is 12.3 Å². The van der Waals surface area contributed by atoms with Gasteiger partial charge in [0.15, 0.2) is 0 Å². The van der Waals surface area contributed by atoms with Gasteiger partial charge >= 0.3 is 5.97 Å². The van der Waals surface area contributed by atoms with Crippen LogP contribution >= 0.6 is 0 Å². The van der Waals surface area contributed by atoms with Crippen molar-refractivity contribution < 1.29 is 15.0 Å². The van der Waals surface area contributed by atoms with Crippen molar-refractivity contribution in [3.63, 3.8) is 0 Å². The molecule has 0 aliphatic heterocycles. The van der Waals surface area contributed by atoms with Gasteiger partial charge in [-0.15, -0.1) is 0 Å². The van der Waals surface area contributed by atoms with Gasteiger partial charge in [-0.25, -0.2) is 9.78 Å². The second-order valence-corrected chi connectivity index (χ2v) is 1.62. The van der Waals surface area contributed by atoms with Gasteiger partial charge in [-0.05, 0) is 12.1 Å². The van der Waals surface area contributed by atoms with E-state index in [-0.39, 0.29) is 5.69 Å². The van der Waals surface area contributed by atoms with Crippen LogP contribution in [0.3, 0.4) is 0 Å². The maximum absolute atomic E-state index is 10.1. The Morgan fingerprint density at radius 2 is 2.17 bits per heavy atom. The number of aromatic nitrogens is 1. The zero-order chi connectivity index (χ0) is 9.40.